The molecule has 8 N–H and O–H groups in total. The highest BCUT2D eigenvalue weighted by molar-refractivity contribution is 5.68. The van der Waals surface area contributed by atoms with E-state index in [1.54, 1.807) is 5.43 Å². The van der Waals surface area contributed by atoms with E-state index in [0.717, 1.165) is 0 Å². The molecule has 1 aromatic rings. The molecule has 0 fully saturated rings. The lowest BCUT2D eigenvalue weighted by Gasteiger charge is -1.83. The molecule has 0 unspecified atom stereocenters. The van der Waals surface area contributed by atoms with Gasteiger partial charge in [-0.05, 0) is 5.21 Å². The van der Waals surface area contributed by atoms with Crippen LogP contribution in [0, 0.1) is 10.1 Å². The third-order valence-electron chi connectivity index (χ3n) is 0.537. The zero-order chi connectivity index (χ0) is 10.3. The molecule has 72 valence electrons. The van der Waals surface area contributed by atoms with Gasteiger partial charge in [-0.3, -0.25) is 16.9 Å². The molecule has 11 heteroatoms. The minimum Gasteiger partial charge on any atom is -0.291 e. The summed E-state index contributed by atoms with van der Waals surface area (Å²) in [4.78, 5) is 9.64. The molecule has 0 bridgehead atoms. The number of H-pyrrole nitrogens is 1. The molecule has 0 saturated heterocycles. The number of nitrogens with zero attached hydrogens (tertiary/aromatic N) is 4. The minimum absolute atomic E-state index is 0.0833. The topological polar surface area (TPSA) is 187 Å². The van der Waals surface area contributed by atoms with Crippen molar-refractivity contribution in [1.82, 2.24) is 20.6 Å². The van der Waals surface area contributed by atoms with Crippen LogP contribution in [0.5, 0.6) is 0 Å². The van der Waals surface area contributed by atoms with E-state index in [9.17, 15) is 10.1 Å². The van der Waals surface area contributed by atoms with Gasteiger partial charge in [-0.1, -0.05) is 10.5 Å². The number of hydrogen-bond acceptors (Lipinski definition) is 5. The van der Waals surface area contributed by atoms with Crippen molar-refractivity contribution in [2.24, 2.45) is 11.5 Å². The summed E-state index contributed by atoms with van der Waals surface area (Å²) in [5.74, 6) is -0.236. The number of nitro groups is 1. The molecule has 11 nitrogen and oxygen atoms in total. The summed E-state index contributed by atoms with van der Waals surface area (Å²) >= 11 is 0. The van der Waals surface area contributed by atoms with E-state index in [4.69, 9.17) is 0 Å². The molecule has 0 spiro atoms. The maximum atomic E-state index is 9.64. The van der Waals surface area contributed by atoms with E-state index in [-0.39, 0.29) is 11.9 Å². The van der Waals surface area contributed by atoms with E-state index in [1.165, 1.54) is 0 Å². The smallest absolute Gasteiger partial charge is 0.291 e. The lowest BCUT2D eigenvalue weighted by Crippen LogP contribution is -2.51. The van der Waals surface area contributed by atoms with Crippen LogP contribution in [-0.2, 0) is 0 Å². The van der Waals surface area contributed by atoms with E-state index in [0.29, 0.717) is 0 Å². The van der Waals surface area contributed by atoms with Crippen molar-refractivity contribution in [3.8, 4) is 0 Å². The van der Waals surface area contributed by atoms with Gasteiger partial charge in [0.15, 0.2) is 5.03 Å². The van der Waals surface area contributed by atoms with E-state index >= 15 is 0 Å². The number of aromatic nitrogens is 4. The van der Waals surface area contributed by atoms with Crippen LogP contribution in [-0.4, -0.2) is 31.6 Å². The average molecular weight is 190 g/mol. The van der Waals surface area contributed by atoms with Crippen molar-refractivity contribution in [3.05, 3.63) is 10.1 Å². The van der Waals surface area contributed by atoms with Crippen molar-refractivity contribution in [3.63, 3.8) is 0 Å². The SMILES string of the molecule is NC(N)=[NH2+].O=[N+]([O-])Nc1nn[nH]n1. The second-order valence-electron chi connectivity index (χ2n) is 1.60. The van der Waals surface area contributed by atoms with Crippen molar-refractivity contribution in [2.75, 3.05) is 5.43 Å². The fraction of sp³-hybridized carbons (Fsp3) is 0. The second-order valence-corrected chi connectivity index (χ2v) is 1.60. The molecule has 1 aromatic heterocycles. The van der Waals surface area contributed by atoms with Gasteiger partial charge in [0.2, 0.25) is 0 Å². The second kappa shape index (κ2) is 5.22. The third-order valence-corrected chi connectivity index (χ3v) is 0.537. The standard InChI is InChI=1S/CH2N6O2.CH5N3/c8-7(9)4-1-2-5-6-3-1;2-1(3)4/h(H2,2,3,4,5,6);(H5,2,3,4)/p+1. The van der Waals surface area contributed by atoms with Crippen LogP contribution < -0.4 is 22.3 Å². The first kappa shape index (κ1) is 10.5. The number of guanidine groups is 1. The summed E-state index contributed by atoms with van der Waals surface area (Å²) in [6, 6.07) is 0. The number of hydrogen-bond donors (Lipinski definition) is 5. The Morgan fingerprint density at radius 3 is 2.54 bits per heavy atom. The van der Waals surface area contributed by atoms with E-state index < -0.39 is 5.03 Å². The number of rotatable bonds is 2. The fourth-order valence-electron chi connectivity index (χ4n) is 0.291. The molecular weight excluding hydrogens is 182 g/mol. The summed E-state index contributed by atoms with van der Waals surface area (Å²) in [7, 11) is 0. The fourth-order valence-corrected chi connectivity index (χ4v) is 0.291. The first-order chi connectivity index (χ1) is 6.02. The van der Waals surface area contributed by atoms with Crippen molar-refractivity contribution < 1.29 is 10.4 Å². The Morgan fingerprint density at radius 2 is 2.23 bits per heavy atom. The molecule has 0 atom stereocenters. The molecule has 1 heterocycles. The predicted molar refractivity (Wildman–Crippen MR) is 40.1 cm³/mol. The Morgan fingerprint density at radius 1 is 1.69 bits per heavy atom. The Kier molecular flexibility index (Phi) is 4.24. The van der Waals surface area contributed by atoms with Crippen molar-refractivity contribution >= 4 is 11.9 Å². The van der Waals surface area contributed by atoms with Gasteiger partial charge >= 0.3 is 11.9 Å². The summed E-state index contributed by atoms with van der Waals surface area (Å²) in [6.45, 7) is 0. The molecule has 0 aromatic carbocycles. The molecule has 0 saturated carbocycles. The van der Waals surface area contributed by atoms with Crippen molar-refractivity contribution in [1.29, 1.82) is 0 Å². The van der Waals surface area contributed by atoms with Crippen LogP contribution in [0.25, 0.3) is 0 Å². The Bertz CT molecular complexity index is 261. The maximum Gasteiger partial charge on any atom is 0.336 e. The number of tetrazole rings is 1. The normalized spacial score (nSPS) is 8.00. The number of nitrogens with two attached hydrogens (primary N) is 3. The van der Waals surface area contributed by atoms with Gasteiger partial charge in [-0.2, -0.15) is 5.21 Å². The van der Waals surface area contributed by atoms with Gasteiger partial charge in [-0.25, -0.2) is 10.1 Å². The zero-order valence-corrected chi connectivity index (χ0v) is 6.34. The highest BCUT2D eigenvalue weighted by Crippen LogP contribution is 1.86. The van der Waals surface area contributed by atoms with Crippen LogP contribution in [0.15, 0.2) is 0 Å². The van der Waals surface area contributed by atoms with Crippen molar-refractivity contribution in [2.45, 2.75) is 0 Å². The quantitative estimate of drug-likeness (QED) is 0.134. The van der Waals surface area contributed by atoms with Crippen LogP contribution in [0.4, 0.5) is 5.95 Å². The van der Waals surface area contributed by atoms with E-state index in [2.05, 4.69) is 37.5 Å². The highest BCUT2D eigenvalue weighted by Gasteiger charge is 2.00. The zero-order valence-electron chi connectivity index (χ0n) is 6.34. The van der Waals surface area contributed by atoms with Crippen LogP contribution >= 0.6 is 0 Å². The van der Waals surface area contributed by atoms with Gasteiger partial charge < -0.3 is 0 Å². The van der Waals surface area contributed by atoms with Gasteiger partial charge in [0.25, 0.3) is 0 Å². The Balaban J connectivity index is 0.000000310. The summed E-state index contributed by atoms with van der Waals surface area (Å²) < 4.78 is 0. The third kappa shape index (κ3) is 7.44. The molecule has 0 aliphatic rings. The highest BCUT2D eigenvalue weighted by atomic mass is 16.7. The monoisotopic (exact) mass is 190 g/mol. The molecule has 13 heavy (non-hydrogen) atoms. The average Bonchev–Trinajstić information content (AvgIpc) is 2.36. The van der Waals surface area contributed by atoms with Gasteiger partial charge in [0.1, 0.15) is 0 Å². The molecule has 0 aliphatic heterocycles. The largest absolute Gasteiger partial charge is 0.336 e. The summed E-state index contributed by atoms with van der Waals surface area (Å²) in [5.41, 5.74) is 10.9. The number of hydrazine groups is 1. The Labute approximate surface area is 71.1 Å². The predicted octanol–water partition coefficient (Wildman–Crippen LogP) is -4.18. The first-order valence-electron chi connectivity index (χ1n) is 2.80. The van der Waals surface area contributed by atoms with E-state index in [1.807, 2.05) is 0 Å². The number of anilines is 1. The number of aromatic amines is 1. The molecule has 0 radical (unpaired) electrons. The molecular formula is C2H8N9O2+. The molecule has 0 aliphatic carbocycles. The van der Waals surface area contributed by atoms with Crippen LogP contribution in [0.2, 0.25) is 0 Å². The lowest BCUT2D eigenvalue weighted by atomic mass is 11.1. The lowest BCUT2D eigenvalue weighted by molar-refractivity contribution is -0.446. The first-order valence-corrected chi connectivity index (χ1v) is 2.80. The Hall–Kier alpha value is -2.46. The van der Waals surface area contributed by atoms with Gasteiger partial charge in [0.05, 0.1) is 0 Å². The number of nitrogens with one attached hydrogen (secondary N) is 2. The van der Waals surface area contributed by atoms with Gasteiger partial charge in [-0.15, -0.1) is 5.10 Å². The summed E-state index contributed by atoms with van der Waals surface area (Å²) in [5, 5.41) is 25.1. The maximum absolute atomic E-state index is 9.64. The minimum atomic E-state index is -0.773. The molecule has 0 amide bonds. The summed E-state index contributed by atoms with van der Waals surface area (Å²) in [6.07, 6.45) is 0. The van der Waals surface area contributed by atoms with Crippen LogP contribution in [0.1, 0.15) is 0 Å². The van der Waals surface area contributed by atoms with Crippen LogP contribution in [0.3, 0.4) is 0 Å². The van der Waals surface area contributed by atoms with Gasteiger partial charge in [0, 0.05) is 0 Å². The molecule has 1 rings (SSSR count).